The van der Waals surface area contributed by atoms with Crippen LogP contribution < -0.4 is 14.2 Å². The molecule has 0 unspecified atom stereocenters. The number of hydrogen-bond donors (Lipinski definition) is 0. The Morgan fingerprint density at radius 2 is 1.62 bits per heavy atom. The summed E-state index contributed by atoms with van der Waals surface area (Å²) in [6, 6.07) is 3.66. The third-order valence-electron chi connectivity index (χ3n) is 2.87. The van der Waals surface area contributed by atoms with E-state index in [4.69, 9.17) is 14.2 Å². The molecule has 1 aromatic rings. The van der Waals surface area contributed by atoms with E-state index in [1.165, 1.54) is 0 Å². The van der Waals surface area contributed by atoms with E-state index in [-0.39, 0.29) is 0 Å². The fourth-order valence-corrected chi connectivity index (χ4v) is 1.87. The summed E-state index contributed by atoms with van der Waals surface area (Å²) in [5, 5.41) is 0. The van der Waals surface area contributed by atoms with Crippen molar-refractivity contribution < 1.29 is 14.2 Å². The van der Waals surface area contributed by atoms with Gasteiger partial charge in [-0.2, -0.15) is 0 Å². The van der Waals surface area contributed by atoms with E-state index in [0.717, 1.165) is 11.1 Å². The molecule has 0 heterocycles. The first-order valence-electron chi connectivity index (χ1n) is 6.63. The molecule has 0 N–H and O–H groups in total. The largest absolute Gasteiger partial charge is 0.496 e. The van der Waals surface area contributed by atoms with Gasteiger partial charge in [0.05, 0.1) is 26.9 Å². The van der Waals surface area contributed by atoms with Gasteiger partial charge in [0.1, 0.15) is 17.2 Å². The van der Waals surface area contributed by atoms with E-state index in [1.807, 2.05) is 49.4 Å². The van der Waals surface area contributed by atoms with Crippen LogP contribution in [-0.2, 0) is 0 Å². The van der Waals surface area contributed by atoms with Gasteiger partial charge in [0, 0.05) is 12.1 Å². The quantitative estimate of drug-likeness (QED) is 0.695. The molecule has 112 valence electrons. The van der Waals surface area contributed by atoms with Gasteiger partial charge in [0.2, 0.25) is 0 Å². The van der Waals surface area contributed by atoms with Crippen molar-refractivity contribution in [3.63, 3.8) is 0 Å². The molecular formula is C18H22O3. The summed E-state index contributed by atoms with van der Waals surface area (Å²) >= 11 is 0. The topological polar surface area (TPSA) is 27.7 Å². The van der Waals surface area contributed by atoms with Crippen molar-refractivity contribution in [1.82, 2.24) is 0 Å². The van der Waals surface area contributed by atoms with Gasteiger partial charge < -0.3 is 14.2 Å². The highest BCUT2D eigenvalue weighted by Gasteiger charge is 2.10. The summed E-state index contributed by atoms with van der Waals surface area (Å²) in [7, 11) is 4.86. The number of rotatable bonds is 7. The molecule has 0 saturated heterocycles. The van der Waals surface area contributed by atoms with Gasteiger partial charge in [-0.15, -0.1) is 0 Å². The molecule has 0 aliphatic rings. The summed E-state index contributed by atoms with van der Waals surface area (Å²) in [6.07, 6.45) is 11.6. The van der Waals surface area contributed by atoms with Gasteiger partial charge in [-0.05, 0) is 18.6 Å². The lowest BCUT2D eigenvalue weighted by molar-refractivity contribution is 0.374. The lowest BCUT2D eigenvalue weighted by Crippen LogP contribution is -1.94. The lowest BCUT2D eigenvalue weighted by atomic mass is 10.1. The van der Waals surface area contributed by atoms with E-state index in [1.54, 1.807) is 27.4 Å². The van der Waals surface area contributed by atoms with Crippen LogP contribution in [0.15, 0.2) is 54.7 Å². The second-order valence-electron chi connectivity index (χ2n) is 4.18. The van der Waals surface area contributed by atoms with Crippen LogP contribution >= 0.6 is 0 Å². The molecule has 1 rings (SSSR count). The Hall–Kier alpha value is -2.42. The van der Waals surface area contributed by atoms with Gasteiger partial charge in [0.15, 0.2) is 0 Å². The smallest absolute Gasteiger partial charge is 0.133 e. The van der Waals surface area contributed by atoms with Gasteiger partial charge in [-0.3, -0.25) is 0 Å². The first-order valence-corrected chi connectivity index (χ1v) is 6.63. The van der Waals surface area contributed by atoms with Crippen molar-refractivity contribution in [3.8, 4) is 17.2 Å². The van der Waals surface area contributed by atoms with Crippen LogP contribution in [0.25, 0.3) is 6.08 Å². The highest BCUT2D eigenvalue weighted by Crippen LogP contribution is 2.35. The molecule has 0 amide bonds. The second-order valence-corrected chi connectivity index (χ2v) is 4.18. The van der Waals surface area contributed by atoms with Gasteiger partial charge in [0.25, 0.3) is 0 Å². The molecule has 0 aliphatic heterocycles. The highest BCUT2D eigenvalue weighted by molar-refractivity contribution is 5.68. The molecule has 21 heavy (non-hydrogen) atoms. The predicted octanol–water partition coefficient (Wildman–Crippen LogP) is 4.41. The number of hydrogen-bond acceptors (Lipinski definition) is 3. The second kappa shape index (κ2) is 8.69. The summed E-state index contributed by atoms with van der Waals surface area (Å²) in [4.78, 5) is 0. The maximum atomic E-state index is 5.41. The predicted molar refractivity (Wildman–Crippen MR) is 88.2 cm³/mol. The first-order chi connectivity index (χ1) is 10.2. The van der Waals surface area contributed by atoms with Crippen molar-refractivity contribution >= 4 is 6.08 Å². The minimum atomic E-state index is 0.691. The summed E-state index contributed by atoms with van der Waals surface area (Å²) in [5.74, 6) is 2.08. The fourth-order valence-electron chi connectivity index (χ4n) is 1.87. The molecule has 0 spiro atoms. The van der Waals surface area contributed by atoms with Crippen LogP contribution in [0, 0.1) is 0 Å². The fraction of sp³-hybridized carbons (Fsp3) is 0.222. The Labute approximate surface area is 126 Å². The third-order valence-corrected chi connectivity index (χ3v) is 2.87. The van der Waals surface area contributed by atoms with E-state index >= 15 is 0 Å². The Kier molecular flexibility index (Phi) is 6.88. The number of methoxy groups -OCH3 is 3. The number of allylic oxidation sites excluding steroid dienone is 6. The molecule has 3 nitrogen and oxygen atoms in total. The van der Waals surface area contributed by atoms with Crippen molar-refractivity contribution in [2.24, 2.45) is 0 Å². The van der Waals surface area contributed by atoms with Gasteiger partial charge >= 0.3 is 0 Å². The third kappa shape index (κ3) is 4.56. The average Bonchev–Trinajstić information content (AvgIpc) is 2.52. The summed E-state index contributed by atoms with van der Waals surface area (Å²) in [6.45, 7) is 5.69. The van der Waals surface area contributed by atoms with E-state index in [9.17, 15) is 0 Å². The Balaban J connectivity index is 3.28. The van der Waals surface area contributed by atoms with Crippen molar-refractivity contribution in [2.75, 3.05) is 21.3 Å². The molecule has 0 radical (unpaired) electrons. The van der Waals surface area contributed by atoms with Crippen LogP contribution in [0.4, 0.5) is 0 Å². The molecule has 3 heteroatoms. The van der Waals surface area contributed by atoms with Crippen LogP contribution in [0.2, 0.25) is 0 Å². The average molecular weight is 286 g/mol. The van der Waals surface area contributed by atoms with Gasteiger partial charge in [-0.25, -0.2) is 0 Å². The zero-order valence-corrected chi connectivity index (χ0v) is 13.1. The lowest BCUT2D eigenvalue weighted by Gasteiger charge is -2.12. The molecular weight excluding hydrogens is 264 g/mol. The first kappa shape index (κ1) is 16.6. The van der Waals surface area contributed by atoms with E-state index < -0.39 is 0 Å². The zero-order valence-electron chi connectivity index (χ0n) is 13.1. The molecule has 0 saturated carbocycles. The van der Waals surface area contributed by atoms with Crippen molar-refractivity contribution in [2.45, 2.75) is 6.92 Å². The molecule has 0 bridgehead atoms. The van der Waals surface area contributed by atoms with Crippen LogP contribution in [-0.4, -0.2) is 21.3 Å². The monoisotopic (exact) mass is 286 g/mol. The van der Waals surface area contributed by atoms with Crippen LogP contribution in [0.3, 0.4) is 0 Å². The number of benzene rings is 1. The Bertz CT molecular complexity index is 541. The molecule has 1 aromatic carbocycles. The minimum Gasteiger partial charge on any atom is -0.496 e. The summed E-state index contributed by atoms with van der Waals surface area (Å²) < 4.78 is 16.1. The Morgan fingerprint density at radius 3 is 2.05 bits per heavy atom. The molecule has 0 fully saturated rings. The zero-order chi connectivity index (χ0) is 15.7. The molecule has 0 aromatic heterocycles. The van der Waals surface area contributed by atoms with Crippen LogP contribution in [0.1, 0.15) is 12.5 Å². The normalized spacial score (nSPS) is 11.9. The standard InChI is InChI=1S/C18H22O3/c1-6-8-14(9-7-2)10-11-16-17(20-4)12-15(19-3)13-18(16)21-5/h6-13H,1H2,2-5H3/b9-7-,11-10+,14-8+. The van der Waals surface area contributed by atoms with Crippen molar-refractivity contribution in [1.29, 1.82) is 0 Å². The van der Waals surface area contributed by atoms with E-state index in [0.29, 0.717) is 17.2 Å². The maximum Gasteiger partial charge on any atom is 0.133 e. The highest BCUT2D eigenvalue weighted by atomic mass is 16.5. The molecule has 0 atom stereocenters. The summed E-state index contributed by atoms with van der Waals surface area (Å²) in [5.41, 5.74) is 1.90. The van der Waals surface area contributed by atoms with Crippen molar-refractivity contribution in [3.05, 3.63) is 60.2 Å². The van der Waals surface area contributed by atoms with Crippen LogP contribution in [0.5, 0.6) is 17.2 Å². The molecule has 0 aliphatic carbocycles. The van der Waals surface area contributed by atoms with E-state index in [2.05, 4.69) is 6.58 Å². The maximum absolute atomic E-state index is 5.41. The minimum absolute atomic E-state index is 0.691. The Morgan fingerprint density at radius 1 is 1.00 bits per heavy atom. The number of ether oxygens (including phenoxy) is 3. The SMILES string of the molecule is C=C/C=C(\C=C/C)/C=C/c1c(OC)cc(OC)cc1OC. The van der Waals surface area contributed by atoms with Gasteiger partial charge in [-0.1, -0.05) is 37.0 Å².